The SMILES string of the molecule is CCc1ccc(C(=O)C2C(c3cccc([N+](=O)[O-])c3)C3CCCN3[C@@]23C(=O)Nc2c(C(F)(F)F)cccc23)cc1. The van der Waals surface area contributed by atoms with Crippen LogP contribution in [0.15, 0.2) is 66.7 Å². The Morgan fingerprint density at radius 1 is 1.12 bits per heavy atom. The summed E-state index contributed by atoms with van der Waals surface area (Å²) in [5.74, 6) is -2.83. The number of amides is 1. The van der Waals surface area contributed by atoms with E-state index in [0.717, 1.165) is 18.1 Å². The summed E-state index contributed by atoms with van der Waals surface area (Å²) in [7, 11) is 0. The lowest BCUT2D eigenvalue weighted by molar-refractivity contribution is -0.384. The van der Waals surface area contributed by atoms with Crippen LogP contribution in [0.2, 0.25) is 0 Å². The smallest absolute Gasteiger partial charge is 0.323 e. The van der Waals surface area contributed by atoms with Crippen LogP contribution in [-0.4, -0.2) is 34.1 Å². The van der Waals surface area contributed by atoms with E-state index >= 15 is 0 Å². The normalized spacial score (nSPS) is 25.6. The minimum absolute atomic E-state index is 0.121. The molecule has 0 aliphatic carbocycles. The molecular weight excluding hydrogens is 523 g/mol. The molecule has 0 aromatic heterocycles. The van der Waals surface area contributed by atoms with Crippen molar-refractivity contribution >= 4 is 23.1 Å². The number of hydrogen-bond donors (Lipinski definition) is 1. The summed E-state index contributed by atoms with van der Waals surface area (Å²) in [6, 6.07) is 16.3. The quantitative estimate of drug-likeness (QED) is 0.236. The lowest BCUT2D eigenvalue weighted by Gasteiger charge is -2.37. The van der Waals surface area contributed by atoms with Crippen molar-refractivity contribution in [3.63, 3.8) is 0 Å². The molecule has 2 fully saturated rings. The van der Waals surface area contributed by atoms with Crippen molar-refractivity contribution in [3.05, 3.63) is 105 Å². The fourth-order valence-corrected chi connectivity index (χ4v) is 7.13. The second kappa shape index (κ2) is 9.26. The van der Waals surface area contributed by atoms with Gasteiger partial charge >= 0.3 is 6.18 Å². The van der Waals surface area contributed by atoms with E-state index in [-0.39, 0.29) is 28.8 Å². The summed E-state index contributed by atoms with van der Waals surface area (Å²) < 4.78 is 42.2. The van der Waals surface area contributed by atoms with Gasteiger partial charge in [-0.05, 0) is 43.0 Å². The Morgan fingerprint density at radius 3 is 2.52 bits per heavy atom. The highest BCUT2D eigenvalue weighted by atomic mass is 19.4. The highest BCUT2D eigenvalue weighted by molar-refractivity contribution is 6.13. The molecule has 3 unspecified atom stereocenters. The van der Waals surface area contributed by atoms with E-state index in [1.54, 1.807) is 24.3 Å². The first-order valence-electron chi connectivity index (χ1n) is 13.3. The van der Waals surface area contributed by atoms with E-state index in [0.29, 0.717) is 30.5 Å². The molecule has 40 heavy (non-hydrogen) atoms. The van der Waals surface area contributed by atoms with Crippen molar-refractivity contribution in [3.8, 4) is 0 Å². The number of aryl methyl sites for hydroxylation is 1. The molecule has 7 nitrogen and oxygen atoms in total. The van der Waals surface area contributed by atoms with Crippen molar-refractivity contribution < 1.29 is 27.7 Å². The zero-order valence-corrected chi connectivity index (χ0v) is 21.6. The number of carbonyl (C=O) groups excluding carboxylic acids is 2. The van der Waals surface area contributed by atoms with Gasteiger partial charge in [-0.2, -0.15) is 13.2 Å². The number of para-hydroxylation sites is 1. The molecule has 0 saturated carbocycles. The first-order valence-corrected chi connectivity index (χ1v) is 13.3. The maximum atomic E-state index is 14.5. The standard InChI is InChI=1S/C30H26F3N3O4/c1-2-17-11-13-18(14-12-17)27(37)25-24(19-6-3-7-20(16-19)36(39)40)23-10-5-15-35(23)29(25)21-8-4-9-22(30(31,32)33)26(21)34-28(29)38/h3-4,6-9,11-14,16,23-25H,2,5,10,15H2,1H3,(H,34,38)/t23?,24?,25?,29-/m1/s1. The third-order valence-electron chi connectivity index (χ3n) is 8.74. The number of carbonyl (C=O) groups is 2. The predicted molar refractivity (Wildman–Crippen MR) is 141 cm³/mol. The number of Topliss-reactive ketones (excluding diaryl/α,β-unsaturated/α-hetero) is 1. The monoisotopic (exact) mass is 549 g/mol. The fourth-order valence-electron chi connectivity index (χ4n) is 7.13. The van der Waals surface area contributed by atoms with Crippen LogP contribution in [0.3, 0.4) is 0 Å². The van der Waals surface area contributed by atoms with Gasteiger partial charge in [-0.15, -0.1) is 0 Å². The fraction of sp³-hybridized carbons (Fsp3) is 0.333. The first-order chi connectivity index (χ1) is 19.1. The van der Waals surface area contributed by atoms with Crippen LogP contribution in [0.1, 0.15) is 58.3 Å². The summed E-state index contributed by atoms with van der Waals surface area (Å²) in [6.07, 6.45) is -2.70. The minimum atomic E-state index is -4.72. The number of nitrogens with one attached hydrogen (secondary N) is 1. The second-order valence-electron chi connectivity index (χ2n) is 10.6. The third kappa shape index (κ3) is 3.69. The van der Waals surface area contributed by atoms with E-state index in [2.05, 4.69) is 5.32 Å². The Kier molecular flexibility index (Phi) is 6.06. The molecule has 1 amide bonds. The molecule has 3 aromatic carbocycles. The molecule has 3 aliphatic heterocycles. The molecule has 4 atom stereocenters. The van der Waals surface area contributed by atoms with Gasteiger partial charge in [-0.25, -0.2) is 0 Å². The minimum Gasteiger partial charge on any atom is -0.323 e. The molecule has 10 heteroatoms. The number of fused-ring (bicyclic) bond motifs is 4. The van der Waals surface area contributed by atoms with Crippen LogP contribution in [0.4, 0.5) is 24.5 Å². The van der Waals surface area contributed by atoms with Crippen molar-refractivity contribution in [1.82, 2.24) is 4.90 Å². The van der Waals surface area contributed by atoms with Crippen LogP contribution in [0, 0.1) is 16.0 Å². The van der Waals surface area contributed by atoms with Crippen molar-refractivity contribution in [1.29, 1.82) is 0 Å². The highest BCUT2D eigenvalue weighted by Gasteiger charge is 2.70. The topological polar surface area (TPSA) is 92.5 Å². The Balaban J connectivity index is 1.62. The Hall–Kier alpha value is -4.05. The average Bonchev–Trinajstić information content (AvgIpc) is 3.60. The molecular formula is C30H26F3N3O4. The molecule has 6 rings (SSSR count). The zero-order chi connectivity index (χ0) is 28.4. The maximum Gasteiger partial charge on any atom is 0.418 e. The number of benzene rings is 3. The largest absolute Gasteiger partial charge is 0.418 e. The van der Waals surface area contributed by atoms with Crippen LogP contribution >= 0.6 is 0 Å². The number of anilines is 1. The first kappa shape index (κ1) is 26.2. The van der Waals surface area contributed by atoms with E-state index in [1.165, 1.54) is 24.3 Å². The number of ketones is 1. The number of nitrogens with zero attached hydrogens (tertiary/aromatic N) is 2. The molecule has 3 heterocycles. The van der Waals surface area contributed by atoms with E-state index < -0.39 is 39.9 Å². The van der Waals surface area contributed by atoms with Gasteiger partial charge in [0.05, 0.1) is 22.1 Å². The van der Waals surface area contributed by atoms with Crippen LogP contribution in [-0.2, 0) is 22.9 Å². The van der Waals surface area contributed by atoms with Gasteiger partial charge in [-0.1, -0.05) is 55.5 Å². The predicted octanol–water partition coefficient (Wildman–Crippen LogP) is 6.08. The molecule has 3 aromatic rings. The molecule has 0 radical (unpaired) electrons. The molecule has 3 aliphatic rings. The third-order valence-corrected chi connectivity index (χ3v) is 8.74. The van der Waals surface area contributed by atoms with Crippen molar-refractivity contribution in [2.24, 2.45) is 5.92 Å². The van der Waals surface area contributed by atoms with Gasteiger partial charge < -0.3 is 5.32 Å². The van der Waals surface area contributed by atoms with Crippen LogP contribution < -0.4 is 5.32 Å². The zero-order valence-electron chi connectivity index (χ0n) is 21.6. The van der Waals surface area contributed by atoms with Gasteiger partial charge in [0.1, 0.15) is 5.54 Å². The molecule has 2 saturated heterocycles. The van der Waals surface area contributed by atoms with Crippen LogP contribution in [0.25, 0.3) is 0 Å². The summed E-state index contributed by atoms with van der Waals surface area (Å²) >= 11 is 0. The average molecular weight is 550 g/mol. The maximum absolute atomic E-state index is 14.5. The van der Waals surface area contributed by atoms with E-state index in [9.17, 15) is 32.9 Å². The van der Waals surface area contributed by atoms with E-state index in [1.807, 2.05) is 24.0 Å². The van der Waals surface area contributed by atoms with Gasteiger partial charge in [0.2, 0.25) is 5.91 Å². The lowest BCUT2D eigenvalue weighted by Crippen LogP contribution is -2.52. The van der Waals surface area contributed by atoms with Gasteiger partial charge in [0.25, 0.3) is 5.69 Å². The number of rotatable bonds is 5. The lowest BCUT2D eigenvalue weighted by atomic mass is 9.68. The van der Waals surface area contributed by atoms with Crippen LogP contribution in [0.5, 0.6) is 0 Å². The number of nitro benzene ring substituents is 1. The summed E-state index contributed by atoms with van der Waals surface area (Å²) in [6.45, 7) is 2.38. The Labute approximate surface area is 228 Å². The van der Waals surface area contributed by atoms with Gasteiger partial charge in [0.15, 0.2) is 5.78 Å². The van der Waals surface area contributed by atoms with Crippen molar-refractivity contribution in [2.45, 2.75) is 49.9 Å². The summed E-state index contributed by atoms with van der Waals surface area (Å²) in [5.41, 5.74) is -1.17. The number of halogens is 3. The Morgan fingerprint density at radius 2 is 1.85 bits per heavy atom. The molecule has 0 bridgehead atoms. The highest BCUT2D eigenvalue weighted by Crippen LogP contribution is 2.62. The Bertz CT molecular complexity index is 1540. The van der Waals surface area contributed by atoms with Gasteiger partial charge in [-0.3, -0.25) is 24.6 Å². The molecule has 206 valence electrons. The number of alkyl halides is 3. The molecule has 1 N–H and O–H groups in total. The van der Waals surface area contributed by atoms with Crippen molar-refractivity contribution in [2.75, 3.05) is 11.9 Å². The number of non-ortho nitro benzene ring substituents is 1. The van der Waals surface area contributed by atoms with E-state index in [4.69, 9.17) is 0 Å². The van der Waals surface area contributed by atoms with Gasteiger partial charge in [0, 0.05) is 35.2 Å². The number of nitro groups is 1. The number of hydrogen-bond acceptors (Lipinski definition) is 5. The second-order valence-corrected chi connectivity index (χ2v) is 10.6. The molecule has 1 spiro atoms. The summed E-state index contributed by atoms with van der Waals surface area (Å²) in [4.78, 5) is 41.6. The summed E-state index contributed by atoms with van der Waals surface area (Å²) in [5, 5.41) is 14.2.